The Kier molecular flexibility index (Phi) is 7.97. The summed E-state index contributed by atoms with van der Waals surface area (Å²) < 4.78 is 4.89. The summed E-state index contributed by atoms with van der Waals surface area (Å²) >= 11 is 0. The first kappa shape index (κ1) is 9.44. The molecule has 0 unspecified atom stereocenters. The zero-order chi connectivity index (χ0) is 7.66. The second kappa shape index (κ2) is 8.44. The van der Waals surface area contributed by atoms with Crippen LogP contribution >= 0.6 is 0 Å². The zero-order valence-corrected chi connectivity index (χ0v) is 6.68. The third-order valence-corrected chi connectivity index (χ3v) is 1.19. The quantitative estimate of drug-likeness (QED) is 0.407. The summed E-state index contributed by atoms with van der Waals surface area (Å²) in [5.74, 6) is 0. The maximum atomic E-state index is 4.89. The molecule has 10 heavy (non-hydrogen) atoms. The Hall–Kier alpha value is -0.560. The van der Waals surface area contributed by atoms with Crippen molar-refractivity contribution in [2.24, 2.45) is 0 Å². The van der Waals surface area contributed by atoms with Crippen LogP contribution in [0.1, 0.15) is 19.3 Å². The van der Waals surface area contributed by atoms with Crippen LogP contribution in [0.2, 0.25) is 0 Å². The number of unbranched alkanes of at least 4 members (excludes halogenated alkanes) is 1. The summed E-state index contributed by atoms with van der Waals surface area (Å²) in [6.07, 6.45) is 9.40. The highest BCUT2D eigenvalue weighted by Crippen LogP contribution is 1.92. The first-order chi connectivity index (χ1) is 4.91. The molecule has 0 N–H and O–H groups in total. The van der Waals surface area contributed by atoms with Crippen molar-refractivity contribution in [2.45, 2.75) is 19.3 Å². The first-order valence-corrected chi connectivity index (χ1v) is 3.66. The molecule has 1 nitrogen and oxygen atoms in total. The van der Waals surface area contributed by atoms with E-state index in [0.29, 0.717) is 0 Å². The molecule has 0 saturated heterocycles. The Labute approximate surface area is 63.4 Å². The van der Waals surface area contributed by atoms with Crippen molar-refractivity contribution in [1.29, 1.82) is 0 Å². The highest BCUT2D eigenvalue weighted by Gasteiger charge is 1.79. The van der Waals surface area contributed by atoms with Gasteiger partial charge in [0.05, 0.1) is 0 Å². The summed E-state index contributed by atoms with van der Waals surface area (Å²) in [6.45, 7) is 4.48. The maximum Gasteiger partial charge on any atom is 0.0465 e. The van der Waals surface area contributed by atoms with E-state index in [1.54, 1.807) is 7.11 Å². The van der Waals surface area contributed by atoms with E-state index in [2.05, 4.69) is 18.7 Å². The fourth-order valence-corrected chi connectivity index (χ4v) is 0.656. The van der Waals surface area contributed by atoms with Gasteiger partial charge in [-0.2, -0.15) is 0 Å². The predicted molar refractivity (Wildman–Crippen MR) is 45.1 cm³/mol. The molecule has 0 aliphatic rings. The largest absolute Gasteiger partial charge is 0.385 e. The van der Waals surface area contributed by atoms with Gasteiger partial charge in [0.25, 0.3) is 0 Å². The minimum atomic E-state index is 0.860. The van der Waals surface area contributed by atoms with Gasteiger partial charge in [-0.15, -0.1) is 6.58 Å². The van der Waals surface area contributed by atoms with Gasteiger partial charge in [-0.05, 0) is 19.3 Å². The fourth-order valence-electron chi connectivity index (χ4n) is 0.656. The Balaban J connectivity index is 2.94. The van der Waals surface area contributed by atoms with Gasteiger partial charge in [-0.3, -0.25) is 0 Å². The molecule has 0 aliphatic heterocycles. The smallest absolute Gasteiger partial charge is 0.0465 e. The van der Waals surface area contributed by atoms with E-state index in [-0.39, 0.29) is 0 Å². The minimum Gasteiger partial charge on any atom is -0.385 e. The van der Waals surface area contributed by atoms with Crippen molar-refractivity contribution in [3.8, 4) is 0 Å². The number of methoxy groups -OCH3 is 1. The molecule has 0 heterocycles. The van der Waals surface area contributed by atoms with Gasteiger partial charge in [0.2, 0.25) is 0 Å². The maximum absolute atomic E-state index is 4.89. The predicted octanol–water partition coefficient (Wildman–Crippen LogP) is 2.55. The van der Waals surface area contributed by atoms with E-state index < -0.39 is 0 Å². The summed E-state index contributed by atoms with van der Waals surface area (Å²) in [4.78, 5) is 0. The Bertz CT molecular complexity index is 94.9. The topological polar surface area (TPSA) is 9.23 Å². The van der Waals surface area contributed by atoms with Crippen LogP contribution in [-0.2, 0) is 4.74 Å². The number of hydrogen-bond donors (Lipinski definition) is 0. The van der Waals surface area contributed by atoms with Gasteiger partial charge < -0.3 is 4.74 Å². The van der Waals surface area contributed by atoms with Gasteiger partial charge >= 0.3 is 0 Å². The molecule has 0 amide bonds. The minimum absolute atomic E-state index is 0.860. The molecule has 0 radical (unpaired) electrons. The second-order valence-corrected chi connectivity index (χ2v) is 2.13. The lowest BCUT2D eigenvalue weighted by atomic mass is 10.3. The number of allylic oxidation sites excluding steroid dienone is 3. The van der Waals surface area contributed by atoms with Crippen LogP contribution in [0.5, 0.6) is 0 Å². The molecular formula is C9H16O. The van der Waals surface area contributed by atoms with Crippen LogP contribution < -0.4 is 0 Å². The second-order valence-electron chi connectivity index (χ2n) is 2.13. The normalized spacial score (nSPS) is 10.5. The van der Waals surface area contributed by atoms with Gasteiger partial charge in [0.1, 0.15) is 0 Å². The molecule has 0 aromatic carbocycles. The van der Waals surface area contributed by atoms with Crippen molar-refractivity contribution in [1.82, 2.24) is 0 Å². The summed E-state index contributed by atoms with van der Waals surface area (Å²) in [7, 11) is 1.73. The lowest BCUT2D eigenvalue weighted by Crippen LogP contribution is -1.85. The van der Waals surface area contributed by atoms with E-state index >= 15 is 0 Å². The molecule has 0 spiro atoms. The molecular weight excluding hydrogens is 124 g/mol. The SMILES string of the molecule is C=CCC=CCCCOC. The lowest BCUT2D eigenvalue weighted by molar-refractivity contribution is 0.196. The van der Waals surface area contributed by atoms with Gasteiger partial charge in [-0.25, -0.2) is 0 Å². The summed E-state index contributed by atoms with van der Waals surface area (Å²) in [5, 5.41) is 0. The molecule has 0 saturated carbocycles. The van der Waals surface area contributed by atoms with Gasteiger partial charge in [0, 0.05) is 13.7 Å². The van der Waals surface area contributed by atoms with Crippen LogP contribution in [0, 0.1) is 0 Å². The zero-order valence-electron chi connectivity index (χ0n) is 6.68. The molecule has 0 atom stereocenters. The van der Waals surface area contributed by atoms with E-state index in [1.165, 1.54) is 0 Å². The first-order valence-electron chi connectivity index (χ1n) is 3.66. The Morgan fingerprint density at radius 1 is 1.40 bits per heavy atom. The van der Waals surface area contributed by atoms with E-state index in [0.717, 1.165) is 25.9 Å². The Morgan fingerprint density at radius 2 is 2.20 bits per heavy atom. The molecule has 0 rings (SSSR count). The van der Waals surface area contributed by atoms with Crippen molar-refractivity contribution in [3.05, 3.63) is 24.8 Å². The molecule has 0 fully saturated rings. The average Bonchev–Trinajstić information content (AvgIpc) is 1.97. The fraction of sp³-hybridized carbons (Fsp3) is 0.556. The molecule has 1 heteroatoms. The highest BCUT2D eigenvalue weighted by molar-refractivity contribution is 4.87. The van der Waals surface area contributed by atoms with E-state index in [9.17, 15) is 0 Å². The third kappa shape index (κ3) is 7.44. The van der Waals surface area contributed by atoms with Crippen LogP contribution in [0.4, 0.5) is 0 Å². The van der Waals surface area contributed by atoms with Crippen molar-refractivity contribution in [3.63, 3.8) is 0 Å². The van der Waals surface area contributed by atoms with Gasteiger partial charge in [-0.1, -0.05) is 18.2 Å². The van der Waals surface area contributed by atoms with E-state index in [4.69, 9.17) is 4.74 Å². The van der Waals surface area contributed by atoms with Crippen LogP contribution in [0.15, 0.2) is 24.8 Å². The monoisotopic (exact) mass is 140 g/mol. The van der Waals surface area contributed by atoms with Crippen LogP contribution in [-0.4, -0.2) is 13.7 Å². The van der Waals surface area contributed by atoms with Crippen molar-refractivity contribution < 1.29 is 4.74 Å². The number of hydrogen-bond acceptors (Lipinski definition) is 1. The number of ether oxygens (including phenoxy) is 1. The van der Waals surface area contributed by atoms with E-state index in [1.807, 2.05) is 6.08 Å². The molecule has 0 aliphatic carbocycles. The Morgan fingerprint density at radius 3 is 2.80 bits per heavy atom. The molecule has 58 valence electrons. The molecule has 0 aromatic rings. The standard InChI is InChI=1S/C9H16O/c1-3-4-5-6-7-8-9-10-2/h3,5-6H,1,4,7-9H2,2H3. The summed E-state index contributed by atoms with van der Waals surface area (Å²) in [5.41, 5.74) is 0. The highest BCUT2D eigenvalue weighted by atomic mass is 16.5. The van der Waals surface area contributed by atoms with Crippen LogP contribution in [0.3, 0.4) is 0 Å². The summed E-state index contributed by atoms with van der Waals surface area (Å²) in [6, 6.07) is 0. The lowest BCUT2D eigenvalue weighted by Gasteiger charge is -1.92. The number of rotatable bonds is 6. The van der Waals surface area contributed by atoms with Gasteiger partial charge in [0.15, 0.2) is 0 Å². The average molecular weight is 140 g/mol. The van der Waals surface area contributed by atoms with Crippen LogP contribution in [0.25, 0.3) is 0 Å². The third-order valence-electron chi connectivity index (χ3n) is 1.19. The van der Waals surface area contributed by atoms with Crippen molar-refractivity contribution >= 4 is 0 Å². The van der Waals surface area contributed by atoms with Crippen molar-refractivity contribution in [2.75, 3.05) is 13.7 Å². The molecule has 0 bridgehead atoms. The molecule has 0 aromatic heterocycles.